The summed E-state index contributed by atoms with van der Waals surface area (Å²) in [4.78, 5) is 19.7. The van der Waals surface area contributed by atoms with Crippen LogP contribution in [0.25, 0.3) is 0 Å². The predicted octanol–water partition coefficient (Wildman–Crippen LogP) is 0.919. The first-order chi connectivity index (χ1) is 8.08. The third-order valence-electron chi connectivity index (χ3n) is 2.36. The molecule has 17 heavy (non-hydrogen) atoms. The number of amides is 1. The molecular weight excluding hydrogens is 216 g/mol. The lowest BCUT2D eigenvalue weighted by molar-refractivity contribution is -0.121. The van der Waals surface area contributed by atoms with E-state index in [-0.39, 0.29) is 11.9 Å². The molecule has 94 valence electrons. The molecule has 0 bridgehead atoms. The van der Waals surface area contributed by atoms with Crippen molar-refractivity contribution in [2.75, 3.05) is 0 Å². The van der Waals surface area contributed by atoms with Crippen molar-refractivity contribution in [2.24, 2.45) is 5.73 Å². The van der Waals surface area contributed by atoms with E-state index in [9.17, 15) is 4.79 Å². The van der Waals surface area contributed by atoms with E-state index >= 15 is 0 Å². The van der Waals surface area contributed by atoms with Crippen LogP contribution in [0, 0.1) is 6.92 Å². The molecule has 0 saturated heterocycles. The van der Waals surface area contributed by atoms with Gasteiger partial charge in [-0.15, -0.1) is 0 Å². The molecule has 0 spiro atoms. The maximum atomic E-state index is 11.5. The Kier molecular flexibility index (Phi) is 5.56. The second-order valence-electron chi connectivity index (χ2n) is 4.24. The van der Waals surface area contributed by atoms with Gasteiger partial charge in [-0.1, -0.05) is 0 Å². The lowest BCUT2D eigenvalue weighted by atomic mass is 10.1. The van der Waals surface area contributed by atoms with Crippen molar-refractivity contribution in [3.63, 3.8) is 0 Å². The topological polar surface area (TPSA) is 80.9 Å². The average Bonchev–Trinajstić information content (AvgIpc) is 2.26. The van der Waals surface area contributed by atoms with Gasteiger partial charge < -0.3 is 11.1 Å². The normalized spacial score (nSPS) is 12.2. The van der Waals surface area contributed by atoms with Crippen LogP contribution < -0.4 is 11.1 Å². The number of nitrogens with two attached hydrogens (primary N) is 1. The number of carbonyl (C=O) groups excluding carboxylic acids is 1. The van der Waals surface area contributed by atoms with Gasteiger partial charge in [0.2, 0.25) is 5.91 Å². The molecule has 1 amide bonds. The van der Waals surface area contributed by atoms with Crippen LogP contribution in [-0.2, 0) is 11.3 Å². The summed E-state index contributed by atoms with van der Waals surface area (Å²) >= 11 is 0. The van der Waals surface area contributed by atoms with Crippen molar-refractivity contribution in [1.82, 2.24) is 15.3 Å². The summed E-state index contributed by atoms with van der Waals surface area (Å²) < 4.78 is 0. The van der Waals surface area contributed by atoms with Crippen LogP contribution in [0.5, 0.6) is 0 Å². The van der Waals surface area contributed by atoms with Gasteiger partial charge in [-0.2, -0.15) is 0 Å². The van der Waals surface area contributed by atoms with Crippen molar-refractivity contribution in [3.8, 4) is 0 Å². The second-order valence-corrected chi connectivity index (χ2v) is 4.24. The maximum Gasteiger partial charge on any atom is 0.220 e. The number of aromatic nitrogens is 2. The van der Waals surface area contributed by atoms with E-state index < -0.39 is 0 Å². The SMILES string of the molecule is Cc1nccc(CNC(=O)CCCC(C)N)n1. The van der Waals surface area contributed by atoms with Crippen LogP contribution in [0.2, 0.25) is 0 Å². The van der Waals surface area contributed by atoms with Gasteiger partial charge in [-0.25, -0.2) is 9.97 Å². The second kappa shape index (κ2) is 6.96. The zero-order chi connectivity index (χ0) is 12.7. The molecule has 3 N–H and O–H groups in total. The number of nitrogens with one attached hydrogen (secondary N) is 1. The summed E-state index contributed by atoms with van der Waals surface area (Å²) in [5.41, 5.74) is 6.44. The van der Waals surface area contributed by atoms with Gasteiger partial charge in [-0.05, 0) is 32.8 Å². The minimum absolute atomic E-state index is 0.0434. The Balaban J connectivity index is 2.24. The lowest BCUT2D eigenvalue weighted by Crippen LogP contribution is -2.24. The Hall–Kier alpha value is -1.49. The molecule has 5 heteroatoms. The highest BCUT2D eigenvalue weighted by molar-refractivity contribution is 5.75. The summed E-state index contributed by atoms with van der Waals surface area (Å²) in [5.74, 6) is 0.760. The van der Waals surface area contributed by atoms with E-state index in [0.29, 0.717) is 18.8 Å². The monoisotopic (exact) mass is 236 g/mol. The maximum absolute atomic E-state index is 11.5. The van der Waals surface area contributed by atoms with Crippen molar-refractivity contribution in [2.45, 2.75) is 45.7 Å². The van der Waals surface area contributed by atoms with Crippen LogP contribution in [0.4, 0.5) is 0 Å². The summed E-state index contributed by atoms with van der Waals surface area (Å²) in [7, 11) is 0. The summed E-state index contributed by atoms with van der Waals surface area (Å²) in [6.07, 6.45) is 3.91. The van der Waals surface area contributed by atoms with E-state index in [1.54, 1.807) is 12.3 Å². The van der Waals surface area contributed by atoms with E-state index in [0.717, 1.165) is 18.5 Å². The van der Waals surface area contributed by atoms with Gasteiger partial charge >= 0.3 is 0 Å². The summed E-state index contributed by atoms with van der Waals surface area (Å²) in [6, 6.07) is 1.96. The molecule has 1 atom stereocenters. The molecular formula is C12H20N4O. The minimum Gasteiger partial charge on any atom is -0.350 e. The summed E-state index contributed by atoms with van der Waals surface area (Å²) in [6.45, 7) is 4.23. The van der Waals surface area contributed by atoms with Gasteiger partial charge in [-0.3, -0.25) is 4.79 Å². The molecule has 0 aliphatic carbocycles. The van der Waals surface area contributed by atoms with Crippen LogP contribution in [0.1, 0.15) is 37.7 Å². The Morgan fingerprint density at radius 2 is 2.35 bits per heavy atom. The molecule has 0 aliphatic heterocycles. The van der Waals surface area contributed by atoms with Crippen molar-refractivity contribution in [3.05, 3.63) is 23.8 Å². The van der Waals surface area contributed by atoms with Gasteiger partial charge in [0.15, 0.2) is 0 Å². The molecule has 0 fully saturated rings. The van der Waals surface area contributed by atoms with Gasteiger partial charge in [0.1, 0.15) is 5.82 Å². The fourth-order valence-corrected chi connectivity index (χ4v) is 1.47. The first-order valence-electron chi connectivity index (χ1n) is 5.88. The Bertz CT molecular complexity index is 365. The number of carbonyl (C=O) groups is 1. The molecule has 5 nitrogen and oxygen atoms in total. The molecule has 1 rings (SSSR count). The van der Waals surface area contributed by atoms with E-state index in [1.807, 2.05) is 13.8 Å². The van der Waals surface area contributed by atoms with Crippen molar-refractivity contribution < 1.29 is 4.79 Å². The number of rotatable bonds is 6. The quantitative estimate of drug-likeness (QED) is 0.769. The third-order valence-corrected chi connectivity index (χ3v) is 2.36. The Morgan fingerprint density at radius 3 is 3.00 bits per heavy atom. The smallest absolute Gasteiger partial charge is 0.220 e. The van der Waals surface area contributed by atoms with Gasteiger partial charge in [0.05, 0.1) is 12.2 Å². The van der Waals surface area contributed by atoms with Crippen LogP contribution in [-0.4, -0.2) is 21.9 Å². The number of nitrogens with zero attached hydrogens (tertiary/aromatic N) is 2. The number of hydrogen-bond acceptors (Lipinski definition) is 4. The average molecular weight is 236 g/mol. The third kappa shape index (κ3) is 5.97. The van der Waals surface area contributed by atoms with Gasteiger partial charge in [0.25, 0.3) is 0 Å². The first-order valence-corrected chi connectivity index (χ1v) is 5.88. The molecule has 1 heterocycles. The van der Waals surface area contributed by atoms with E-state index in [1.165, 1.54) is 0 Å². The Labute approximate surface area is 102 Å². The number of hydrogen-bond donors (Lipinski definition) is 2. The standard InChI is InChI=1S/C12H20N4O/c1-9(13)4-3-5-12(17)15-8-11-6-7-14-10(2)16-11/h6-7,9H,3-5,8,13H2,1-2H3,(H,15,17). The molecule has 1 unspecified atom stereocenters. The van der Waals surface area contributed by atoms with Crippen molar-refractivity contribution in [1.29, 1.82) is 0 Å². The fraction of sp³-hybridized carbons (Fsp3) is 0.583. The zero-order valence-electron chi connectivity index (χ0n) is 10.4. The molecule has 0 saturated carbocycles. The molecule has 1 aromatic heterocycles. The first kappa shape index (κ1) is 13.6. The zero-order valence-corrected chi connectivity index (χ0v) is 10.4. The molecule has 0 aromatic carbocycles. The van der Waals surface area contributed by atoms with Crippen molar-refractivity contribution >= 4 is 5.91 Å². The Morgan fingerprint density at radius 1 is 1.59 bits per heavy atom. The summed E-state index contributed by atoms with van der Waals surface area (Å²) in [5, 5.41) is 2.83. The fourth-order valence-electron chi connectivity index (χ4n) is 1.47. The predicted molar refractivity (Wildman–Crippen MR) is 66.1 cm³/mol. The van der Waals surface area contributed by atoms with Crippen LogP contribution in [0.3, 0.4) is 0 Å². The highest BCUT2D eigenvalue weighted by Crippen LogP contribution is 1.99. The molecule has 1 aromatic rings. The largest absolute Gasteiger partial charge is 0.350 e. The minimum atomic E-state index is 0.0434. The van der Waals surface area contributed by atoms with Crippen LogP contribution >= 0.6 is 0 Å². The number of aryl methyl sites for hydroxylation is 1. The van der Waals surface area contributed by atoms with Gasteiger partial charge in [0, 0.05) is 18.7 Å². The van der Waals surface area contributed by atoms with Crippen LogP contribution in [0.15, 0.2) is 12.3 Å². The van der Waals surface area contributed by atoms with E-state index in [2.05, 4.69) is 15.3 Å². The highest BCUT2D eigenvalue weighted by atomic mass is 16.1. The lowest BCUT2D eigenvalue weighted by Gasteiger charge is -2.06. The van der Waals surface area contributed by atoms with E-state index in [4.69, 9.17) is 5.73 Å². The molecule has 0 aliphatic rings. The highest BCUT2D eigenvalue weighted by Gasteiger charge is 2.03. The molecule has 0 radical (unpaired) electrons.